The van der Waals surface area contributed by atoms with Crippen molar-refractivity contribution < 1.29 is 4.74 Å². The predicted molar refractivity (Wildman–Crippen MR) is 119 cm³/mol. The first-order chi connectivity index (χ1) is 14.4. The van der Waals surface area contributed by atoms with E-state index in [1.165, 1.54) is 0 Å². The molecule has 1 aliphatic heterocycles. The molecule has 1 aliphatic rings. The Hall–Kier alpha value is -3.91. The fraction of sp³-hybridized carbons (Fsp3) is 0. The van der Waals surface area contributed by atoms with Crippen LogP contribution in [0.3, 0.4) is 0 Å². The van der Waals surface area contributed by atoms with E-state index in [0.29, 0.717) is 5.90 Å². The maximum atomic E-state index is 6.50. The molecule has 4 aromatic carbocycles. The maximum Gasteiger partial charge on any atom is 0.227 e. The highest BCUT2D eigenvalue weighted by Gasteiger charge is 2.24. The molecule has 0 fully saturated rings. The molecular formula is C27H19NO. The van der Waals surface area contributed by atoms with Gasteiger partial charge in [-0.25, -0.2) is 4.99 Å². The van der Waals surface area contributed by atoms with E-state index in [0.717, 1.165) is 39.3 Å². The molecule has 4 aromatic rings. The summed E-state index contributed by atoms with van der Waals surface area (Å²) in [5, 5.41) is 0. The molecule has 0 radical (unpaired) electrons. The number of fused-ring (bicyclic) bond motifs is 1. The van der Waals surface area contributed by atoms with Gasteiger partial charge in [-0.1, -0.05) is 91.0 Å². The lowest BCUT2D eigenvalue weighted by Crippen LogP contribution is -2.12. The molecule has 138 valence electrons. The van der Waals surface area contributed by atoms with Crippen LogP contribution in [0.1, 0.15) is 22.3 Å². The van der Waals surface area contributed by atoms with Crippen LogP contribution in [-0.2, 0) is 4.74 Å². The van der Waals surface area contributed by atoms with E-state index in [1.54, 1.807) is 0 Å². The third-order valence-corrected chi connectivity index (χ3v) is 4.94. The largest absolute Gasteiger partial charge is 0.437 e. The monoisotopic (exact) mass is 373 g/mol. The minimum absolute atomic E-state index is 0.615. The van der Waals surface area contributed by atoms with Crippen molar-refractivity contribution in [3.8, 4) is 0 Å². The molecule has 0 saturated carbocycles. The fourth-order valence-electron chi connectivity index (χ4n) is 3.58. The number of benzene rings is 4. The molecular weight excluding hydrogens is 354 g/mol. The van der Waals surface area contributed by atoms with E-state index in [9.17, 15) is 0 Å². The summed E-state index contributed by atoms with van der Waals surface area (Å²) in [5.74, 6) is 1.44. The van der Waals surface area contributed by atoms with Crippen molar-refractivity contribution >= 4 is 22.9 Å². The van der Waals surface area contributed by atoms with Gasteiger partial charge < -0.3 is 4.74 Å². The predicted octanol–water partition coefficient (Wildman–Crippen LogP) is 6.71. The van der Waals surface area contributed by atoms with Crippen LogP contribution in [0, 0.1) is 0 Å². The molecule has 5 rings (SSSR count). The Labute approximate surface area is 170 Å². The molecule has 0 spiro atoms. The van der Waals surface area contributed by atoms with Crippen molar-refractivity contribution in [2.24, 2.45) is 4.99 Å². The summed E-state index contributed by atoms with van der Waals surface area (Å²) in [6, 6.07) is 39.0. The summed E-state index contributed by atoms with van der Waals surface area (Å²) in [6.45, 7) is 0. The molecule has 0 N–H and O–H groups in total. The third-order valence-electron chi connectivity index (χ3n) is 4.94. The van der Waals surface area contributed by atoms with Crippen molar-refractivity contribution in [1.82, 2.24) is 0 Å². The van der Waals surface area contributed by atoms with Gasteiger partial charge in [-0.05, 0) is 35.4 Å². The highest BCUT2D eigenvalue weighted by molar-refractivity contribution is 6.08. The van der Waals surface area contributed by atoms with E-state index in [2.05, 4.69) is 54.6 Å². The molecule has 1 heterocycles. The lowest BCUT2D eigenvalue weighted by Gasteiger charge is -2.23. The lowest BCUT2D eigenvalue weighted by atomic mass is 9.93. The van der Waals surface area contributed by atoms with E-state index in [4.69, 9.17) is 9.73 Å². The molecule has 29 heavy (non-hydrogen) atoms. The third kappa shape index (κ3) is 3.37. The normalized spacial score (nSPS) is 12.6. The van der Waals surface area contributed by atoms with Crippen LogP contribution in [0.2, 0.25) is 0 Å². The summed E-state index contributed by atoms with van der Waals surface area (Å²) in [5.41, 5.74) is 6.14. The number of para-hydroxylation sites is 1. The summed E-state index contributed by atoms with van der Waals surface area (Å²) >= 11 is 0. The molecule has 0 amide bonds. The first kappa shape index (κ1) is 17.2. The van der Waals surface area contributed by atoms with Crippen LogP contribution in [0.25, 0.3) is 11.3 Å². The molecule has 0 aromatic heterocycles. The molecule has 2 heteroatoms. The summed E-state index contributed by atoms with van der Waals surface area (Å²) in [6.07, 6.45) is 0. The fourth-order valence-corrected chi connectivity index (χ4v) is 3.58. The first-order valence-corrected chi connectivity index (χ1v) is 9.66. The van der Waals surface area contributed by atoms with Crippen LogP contribution in [-0.4, -0.2) is 5.90 Å². The Morgan fingerprint density at radius 1 is 0.552 bits per heavy atom. The second-order valence-corrected chi connectivity index (χ2v) is 6.84. The summed E-state index contributed by atoms with van der Waals surface area (Å²) in [4.78, 5) is 4.80. The number of ether oxygens (including phenoxy) is 1. The number of nitrogens with zero attached hydrogens (tertiary/aromatic N) is 1. The number of hydrogen-bond donors (Lipinski definition) is 0. The zero-order valence-corrected chi connectivity index (χ0v) is 15.8. The lowest BCUT2D eigenvalue weighted by molar-refractivity contribution is 0.505. The number of hydrogen-bond acceptors (Lipinski definition) is 2. The van der Waals surface area contributed by atoms with Gasteiger partial charge in [-0.3, -0.25) is 0 Å². The quantitative estimate of drug-likeness (QED) is 0.391. The topological polar surface area (TPSA) is 21.6 Å². The Morgan fingerprint density at radius 2 is 1.07 bits per heavy atom. The van der Waals surface area contributed by atoms with Crippen molar-refractivity contribution in [2.75, 3.05) is 0 Å². The van der Waals surface area contributed by atoms with Crippen molar-refractivity contribution in [1.29, 1.82) is 0 Å². The minimum atomic E-state index is 0.615. The minimum Gasteiger partial charge on any atom is -0.437 e. The second-order valence-electron chi connectivity index (χ2n) is 6.84. The summed E-state index contributed by atoms with van der Waals surface area (Å²) in [7, 11) is 0. The van der Waals surface area contributed by atoms with Gasteiger partial charge in [-0.2, -0.15) is 0 Å². The molecule has 2 nitrogen and oxygen atoms in total. The van der Waals surface area contributed by atoms with Crippen LogP contribution < -0.4 is 0 Å². The van der Waals surface area contributed by atoms with Gasteiger partial charge in [0.1, 0.15) is 5.76 Å². The second kappa shape index (κ2) is 7.61. The van der Waals surface area contributed by atoms with Gasteiger partial charge in [0.15, 0.2) is 0 Å². The van der Waals surface area contributed by atoms with Crippen molar-refractivity contribution in [2.45, 2.75) is 0 Å². The molecule has 0 saturated heterocycles. The van der Waals surface area contributed by atoms with Gasteiger partial charge in [0.25, 0.3) is 0 Å². The molecule has 0 aliphatic carbocycles. The van der Waals surface area contributed by atoms with E-state index in [-0.39, 0.29) is 0 Å². The van der Waals surface area contributed by atoms with Crippen LogP contribution in [0.5, 0.6) is 0 Å². The van der Waals surface area contributed by atoms with Crippen LogP contribution >= 0.6 is 0 Å². The number of rotatable bonds is 3. The molecule has 0 unspecified atom stereocenters. The van der Waals surface area contributed by atoms with E-state index in [1.807, 2.05) is 60.7 Å². The zero-order chi connectivity index (χ0) is 19.5. The Kier molecular flexibility index (Phi) is 4.51. The van der Waals surface area contributed by atoms with Gasteiger partial charge in [0.2, 0.25) is 5.90 Å². The Morgan fingerprint density at radius 3 is 1.69 bits per heavy atom. The Balaban J connectivity index is 1.79. The van der Waals surface area contributed by atoms with Crippen molar-refractivity contribution in [3.05, 3.63) is 138 Å². The van der Waals surface area contributed by atoms with Gasteiger partial charge in [-0.15, -0.1) is 0 Å². The summed E-state index contributed by atoms with van der Waals surface area (Å²) < 4.78 is 6.50. The SMILES string of the molecule is c1ccc(C2=Nc3ccccc3C(=C(c3ccccc3)c3ccccc3)O2)cc1. The highest BCUT2D eigenvalue weighted by atomic mass is 16.5. The first-order valence-electron chi connectivity index (χ1n) is 9.66. The van der Waals surface area contributed by atoms with Gasteiger partial charge >= 0.3 is 0 Å². The van der Waals surface area contributed by atoms with Gasteiger partial charge in [0, 0.05) is 16.7 Å². The number of aliphatic imine (C=N–C) groups is 1. The smallest absolute Gasteiger partial charge is 0.227 e. The van der Waals surface area contributed by atoms with Crippen molar-refractivity contribution in [3.63, 3.8) is 0 Å². The molecule has 0 atom stereocenters. The average Bonchev–Trinajstić information content (AvgIpc) is 2.81. The Bertz CT molecular complexity index is 1150. The van der Waals surface area contributed by atoms with E-state index < -0.39 is 0 Å². The highest BCUT2D eigenvalue weighted by Crippen LogP contribution is 2.40. The average molecular weight is 373 g/mol. The van der Waals surface area contributed by atoms with Crippen LogP contribution in [0.4, 0.5) is 5.69 Å². The molecule has 0 bridgehead atoms. The van der Waals surface area contributed by atoms with Crippen LogP contribution in [0.15, 0.2) is 120 Å². The van der Waals surface area contributed by atoms with Gasteiger partial charge in [0.05, 0.1) is 5.69 Å². The standard InChI is InChI=1S/C27H19NO/c1-4-12-20(13-5-1)25(21-14-6-2-7-15-21)26-23-18-10-11-19-24(23)28-27(29-26)22-16-8-3-9-17-22/h1-19H. The van der Waals surface area contributed by atoms with E-state index >= 15 is 0 Å². The zero-order valence-electron chi connectivity index (χ0n) is 15.8. The maximum absolute atomic E-state index is 6.50.